The van der Waals surface area contributed by atoms with Crippen LogP contribution in [0.1, 0.15) is 46.1 Å². The summed E-state index contributed by atoms with van der Waals surface area (Å²) >= 11 is 5.13. The van der Waals surface area contributed by atoms with Gasteiger partial charge in [-0.05, 0) is 26.7 Å². The average Bonchev–Trinajstić information content (AvgIpc) is 2.61. The Morgan fingerprint density at radius 1 is 1.41 bits per heavy atom. The van der Waals surface area contributed by atoms with E-state index in [-0.39, 0.29) is 11.9 Å². The second-order valence-electron chi connectivity index (χ2n) is 4.53. The van der Waals surface area contributed by atoms with E-state index >= 15 is 0 Å². The maximum Gasteiger partial charge on any atom is 0.263 e. The van der Waals surface area contributed by atoms with Crippen LogP contribution in [-0.2, 0) is 0 Å². The fourth-order valence-corrected chi connectivity index (χ4v) is 3.77. The van der Waals surface area contributed by atoms with Crippen molar-refractivity contribution in [2.45, 2.75) is 50.4 Å². The van der Waals surface area contributed by atoms with Gasteiger partial charge >= 0.3 is 0 Å². The smallest absolute Gasteiger partial charge is 0.263 e. The molecule has 1 aromatic rings. The van der Waals surface area contributed by atoms with Crippen molar-refractivity contribution in [3.8, 4) is 0 Å². The predicted octanol–water partition coefficient (Wildman–Crippen LogP) is 3.20. The molecule has 2 rings (SSSR count). The number of carbonyl (C=O) groups is 1. The Morgan fingerprint density at radius 2 is 2.12 bits per heavy atom. The van der Waals surface area contributed by atoms with E-state index < -0.39 is 0 Å². The van der Waals surface area contributed by atoms with Crippen LogP contribution >= 0.6 is 27.3 Å². The summed E-state index contributed by atoms with van der Waals surface area (Å²) in [5.74, 6) is 0.0319. The SMILES string of the molecule is Cc1nc(C)c(C(=O)NC2CCCCC2Br)s1. The Morgan fingerprint density at radius 3 is 2.71 bits per heavy atom. The lowest BCUT2D eigenvalue weighted by Crippen LogP contribution is -2.42. The first-order chi connectivity index (χ1) is 8.08. The van der Waals surface area contributed by atoms with Crippen molar-refractivity contribution in [1.82, 2.24) is 10.3 Å². The first kappa shape index (κ1) is 13.0. The van der Waals surface area contributed by atoms with E-state index in [1.807, 2.05) is 13.8 Å². The molecule has 94 valence electrons. The van der Waals surface area contributed by atoms with E-state index in [0.29, 0.717) is 4.83 Å². The minimum atomic E-state index is 0.0319. The zero-order chi connectivity index (χ0) is 12.4. The molecule has 3 nitrogen and oxygen atoms in total. The van der Waals surface area contributed by atoms with Crippen LogP contribution in [0.25, 0.3) is 0 Å². The molecular weight excluding hydrogens is 300 g/mol. The number of carbonyl (C=O) groups excluding carboxylic acids is 1. The standard InChI is InChI=1S/C12H17BrN2OS/c1-7-11(17-8(2)14-7)12(16)15-10-6-4-3-5-9(10)13/h9-10H,3-6H2,1-2H3,(H,15,16). The summed E-state index contributed by atoms with van der Waals surface area (Å²) in [5, 5.41) is 4.07. The lowest BCUT2D eigenvalue weighted by Gasteiger charge is -2.27. The number of halogens is 1. The van der Waals surface area contributed by atoms with Crippen LogP contribution < -0.4 is 5.32 Å². The lowest BCUT2D eigenvalue weighted by atomic mass is 9.95. The second kappa shape index (κ2) is 5.48. The van der Waals surface area contributed by atoms with Crippen LogP contribution in [0.4, 0.5) is 0 Å². The first-order valence-electron chi connectivity index (χ1n) is 5.97. The lowest BCUT2D eigenvalue weighted by molar-refractivity contribution is 0.0933. The van der Waals surface area contributed by atoms with E-state index in [0.717, 1.165) is 28.4 Å². The fraction of sp³-hybridized carbons (Fsp3) is 0.667. The molecule has 2 unspecified atom stereocenters. The molecule has 2 atom stereocenters. The number of nitrogens with one attached hydrogen (secondary N) is 1. The van der Waals surface area contributed by atoms with Crippen LogP contribution in [0.3, 0.4) is 0 Å². The van der Waals surface area contributed by atoms with Gasteiger partial charge in [-0.1, -0.05) is 28.8 Å². The van der Waals surface area contributed by atoms with Gasteiger partial charge < -0.3 is 5.32 Å². The van der Waals surface area contributed by atoms with Crippen molar-refractivity contribution in [3.05, 3.63) is 15.6 Å². The summed E-state index contributed by atoms with van der Waals surface area (Å²) in [7, 11) is 0. The summed E-state index contributed by atoms with van der Waals surface area (Å²) in [6.07, 6.45) is 4.67. The van der Waals surface area contributed by atoms with Crippen LogP contribution in [0.2, 0.25) is 0 Å². The number of aromatic nitrogens is 1. The highest BCUT2D eigenvalue weighted by molar-refractivity contribution is 9.09. The molecule has 1 N–H and O–H groups in total. The van der Waals surface area contributed by atoms with Gasteiger partial charge in [-0.3, -0.25) is 4.79 Å². The van der Waals surface area contributed by atoms with Gasteiger partial charge in [0.2, 0.25) is 0 Å². The molecule has 1 fully saturated rings. The van der Waals surface area contributed by atoms with E-state index in [4.69, 9.17) is 0 Å². The molecule has 0 bridgehead atoms. The Kier molecular flexibility index (Phi) is 4.20. The van der Waals surface area contributed by atoms with Gasteiger partial charge in [-0.15, -0.1) is 11.3 Å². The first-order valence-corrected chi connectivity index (χ1v) is 7.70. The van der Waals surface area contributed by atoms with Crippen molar-refractivity contribution in [3.63, 3.8) is 0 Å². The number of amides is 1. The number of thiazole rings is 1. The zero-order valence-corrected chi connectivity index (χ0v) is 12.5. The topological polar surface area (TPSA) is 42.0 Å². The largest absolute Gasteiger partial charge is 0.347 e. The molecule has 1 aromatic heterocycles. The third kappa shape index (κ3) is 3.07. The third-order valence-electron chi connectivity index (χ3n) is 3.11. The highest BCUT2D eigenvalue weighted by Gasteiger charge is 2.25. The Balaban J connectivity index is 2.03. The van der Waals surface area contributed by atoms with Crippen molar-refractivity contribution < 1.29 is 4.79 Å². The molecule has 1 amide bonds. The monoisotopic (exact) mass is 316 g/mol. The van der Waals surface area contributed by atoms with Crippen molar-refractivity contribution in [1.29, 1.82) is 0 Å². The van der Waals surface area contributed by atoms with E-state index in [2.05, 4.69) is 26.2 Å². The summed E-state index contributed by atoms with van der Waals surface area (Å²) in [6, 6.07) is 0.262. The summed E-state index contributed by atoms with van der Waals surface area (Å²) in [6.45, 7) is 3.83. The highest BCUT2D eigenvalue weighted by Crippen LogP contribution is 2.25. The van der Waals surface area contributed by atoms with E-state index in [1.54, 1.807) is 0 Å². The van der Waals surface area contributed by atoms with Gasteiger partial charge in [0, 0.05) is 10.9 Å². The van der Waals surface area contributed by atoms with Gasteiger partial charge in [0.1, 0.15) is 4.88 Å². The molecule has 1 saturated carbocycles. The molecule has 0 aliphatic heterocycles. The molecule has 1 aliphatic carbocycles. The van der Waals surface area contributed by atoms with E-state index in [9.17, 15) is 4.79 Å². The molecule has 0 spiro atoms. The second-order valence-corrected chi connectivity index (χ2v) is 6.91. The summed E-state index contributed by atoms with van der Waals surface area (Å²) in [4.78, 5) is 17.6. The van der Waals surface area contributed by atoms with Crippen LogP contribution in [0, 0.1) is 13.8 Å². The molecule has 17 heavy (non-hydrogen) atoms. The molecule has 0 saturated heterocycles. The Labute approximate surface area is 114 Å². The van der Waals surface area contributed by atoms with E-state index in [1.165, 1.54) is 24.2 Å². The average molecular weight is 317 g/mol. The molecule has 1 heterocycles. The quantitative estimate of drug-likeness (QED) is 0.851. The Hall–Kier alpha value is -0.420. The number of alkyl halides is 1. The number of nitrogens with zero attached hydrogens (tertiary/aromatic N) is 1. The molecule has 1 aliphatic rings. The van der Waals surface area contributed by atoms with Crippen molar-refractivity contribution in [2.24, 2.45) is 0 Å². The normalized spacial score (nSPS) is 24.6. The highest BCUT2D eigenvalue weighted by atomic mass is 79.9. The van der Waals surface area contributed by atoms with Gasteiger partial charge in [0.05, 0.1) is 10.7 Å². The van der Waals surface area contributed by atoms with Gasteiger partial charge in [0.25, 0.3) is 5.91 Å². The summed E-state index contributed by atoms with van der Waals surface area (Å²) in [5.41, 5.74) is 0.840. The zero-order valence-electron chi connectivity index (χ0n) is 10.1. The van der Waals surface area contributed by atoms with Gasteiger partial charge in [-0.25, -0.2) is 4.98 Å². The van der Waals surface area contributed by atoms with Crippen LogP contribution in [0.15, 0.2) is 0 Å². The molecule has 0 aromatic carbocycles. The maximum atomic E-state index is 12.1. The predicted molar refractivity (Wildman–Crippen MR) is 74.0 cm³/mol. The molecule has 0 radical (unpaired) electrons. The number of aryl methyl sites for hydroxylation is 2. The third-order valence-corrected chi connectivity index (χ3v) is 5.28. The van der Waals surface area contributed by atoms with Crippen LogP contribution in [-0.4, -0.2) is 21.8 Å². The number of rotatable bonds is 2. The minimum Gasteiger partial charge on any atom is -0.347 e. The Bertz CT molecular complexity index is 419. The van der Waals surface area contributed by atoms with Crippen molar-refractivity contribution in [2.75, 3.05) is 0 Å². The molecular formula is C12H17BrN2OS. The van der Waals surface area contributed by atoms with Crippen molar-refractivity contribution >= 4 is 33.2 Å². The summed E-state index contributed by atoms with van der Waals surface area (Å²) < 4.78 is 0. The van der Waals surface area contributed by atoms with Crippen LogP contribution in [0.5, 0.6) is 0 Å². The fourth-order valence-electron chi connectivity index (χ4n) is 2.22. The van der Waals surface area contributed by atoms with Gasteiger partial charge in [-0.2, -0.15) is 0 Å². The minimum absolute atomic E-state index is 0.0319. The van der Waals surface area contributed by atoms with Gasteiger partial charge in [0.15, 0.2) is 0 Å². The maximum absolute atomic E-state index is 12.1. The number of hydrogen-bond acceptors (Lipinski definition) is 3. The molecule has 5 heteroatoms. The number of hydrogen-bond donors (Lipinski definition) is 1.